The molecule has 0 aromatic carbocycles. The maximum absolute atomic E-state index is 12.1. The molecule has 1 aromatic heterocycles. The van der Waals surface area contributed by atoms with Crippen molar-refractivity contribution in [2.75, 3.05) is 13.1 Å². The van der Waals surface area contributed by atoms with Crippen molar-refractivity contribution in [3.63, 3.8) is 0 Å². The second kappa shape index (κ2) is 4.71. The molecule has 0 radical (unpaired) electrons. The van der Waals surface area contributed by atoms with E-state index in [9.17, 15) is 9.59 Å². The topological polar surface area (TPSA) is 59.8 Å². The van der Waals surface area contributed by atoms with E-state index in [2.05, 4.69) is 4.42 Å². The molecule has 0 unspecified atom stereocenters. The Bertz CT molecular complexity index is 437. The average Bonchev–Trinajstić information content (AvgIpc) is 2.28. The molecule has 0 aliphatic carbocycles. The average molecular weight is 237 g/mol. The number of rotatable bonds is 1. The molecule has 92 valence electrons. The Morgan fingerprint density at radius 2 is 1.94 bits per heavy atom. The van der Waals surface area contributed by atoms with Gasteiger partial charge in [-0.1, -0.05) is 0 Å². The van der Waals surface area contributed by atoms with Gasteiger partial charge in [-0.05, 0) is 19.9 Å². The van der Waals surface area contributed by atoms with Crippen LogP contribution in [0.1, 0.15) is 24.2 Å². The maximum atomic E-state index is 12.1. The van der Waals surface area contributed by atoms with E-state index in [0.717, 1.165) is 0 Å². The molecule has 2 heterocycles. The highest BCUT2D eigenvalue weighted by Crippen LogP contribution is 2.13. The Labute approximate surface area is 99.0 Å². The van der Waals surface area contributed by atoms with Gasteiger partial charge >= 0.3 is 5.63 Å². The number of amides is 1. The van der Waals surface area contributed by atoms with E-state index in [0.29, 0.717) is 18.7 Å². The van der Waals surface area contributed by atoms with Crippen LogP contribution in [0.4, 0.5) is 0 Å². The number of carbonyl (C=O) groups is 1. The Kier molecular flexibility index (Phi) is 3.28. The summed E-state index contributed by atoms with van der Waals surface area (Å²) in [6, 6.07) is 2.74. The lowest BCUT2D eigenvalue weighted by Crippen LogP contribution is -2.48. The van der Waals surface area contributed by atoms with Crippen molar-refractivity contribution in [2.45, 2.75) is 26.1 Å². The summed E-state index contributed by atoms with van der Waals surface area (Å²) >= 11 is 0. The largest absolute Gasteiger partial charge is 0.430 e. The molecule has 17 heavy (non-hydrogen) atoms. The zero-order chi connectivity index (χ0) is 12.4. The highest BCUT2D eigenvalue weighted by atomic mass is 16.5. The predicted octanol–water partition coefficient (Wildman–Crippen LogP) is 0.889. The molecular formula is C12H15NO4. The van der Waals surface area contributed by atoms with Crippen molar-refractivity contribution < 1.29 is 13.9 Å². The van der Waals surface area contributed by atoms with Crippen molar-refractivity contribution in [3.05, 3.63) is 34.4 Å². The first kappa shape index (κ1) is 11.9. The molecule has 0 bridgehead atoms. The van der Waals surface area contributed by atoms with Crippen molar-refractivity contribution in [1.82, 2.24) is 4.90 Å². The maximum Gasteiger partial charge on any atom is 0.335 e. The first-order valence-corrected chi connectivity index (χ1v) is 5.60. The minimum absolute atomic E-state index is 0.0263. The summed E-state index contributed by atoms with van der Waals surface area (Å²) in [5.74, 6) is -0.129. The molecule has 5 nitrogen and oxygen atoms in total. The summed E-state index contributed by atoms with van der Waals surface area (Å²) in [4.78, 5) is 24.6. The van der Waals surface area contributed by atoms with E-state index in [4.69, 9.17) is 4.74 Å². The standard InChI is InChI=1S/C12H15NO4/c1-8-5-13(6-9(2)17-8)12(15)10-3-4-11(14)16-7-10/h3-4,7-9H,5-6H2,1-2H3/t8-,9-/m0/s1. The number of carbonyl (C=O) groups excluding carboxylic acids is 1. The molecule has 1 aliphatic heterocycles. The normalized spacial score (nSPS) is 24.7. The minimum Gasteiger partial charge on any atom is -0.430 e. The summed E-state index contributed by atoms with van der Waals surface area (Å²) in [5, 5.41) is 0. The van der Waals surface area contributed by atoms with Gasteiger partial charge in [0.15, 0.2) is 0 Å². The Morgan fingerprint density at radius 3 is 2.47 bits per heavy atom. The van der Waals surface area contributed by atoms with Crippen molar-refractivity contribution in [2.24, 2.45) is 0 Å². The number of hydrogen-bond donors (Lipinski definition) is 0. The Morgan fingerprint density at radius 1 is 1.29 bits per heavy atom. The molecule has 1 amide bonds. The Balaban J connectivity index is 2.14. The molecule has 5 heteroatoms. The molecule has 1 aromatic rings. The third-order valence-corrected chi connectivity index (χ3v) is 2.65. The van der Waals surface area contributed by atoms with E-state index in [1.54, 1.807) is 4.90 Å². The van der Waals surface area contributed by atoms with Crippen LogP contribution in [0.15, 0.2) is 27.6 Å². The summed E-state index contributed by atoms with van der Waals surface area (Å²) < 4.78 is 10.2. The van der Waals surface area contributed by atoms with Crippen LogP contribution in [-0.2, 0) is 4.74 Å². The molecule has 2 atom stereocenters. The lowest BCUT2D eigenvalue weighted by atomic mass is 10.2. The van der Waals surface area contributed by atoms with Gasteiger partial charge in [0.05, 0.1) is 17.8 Å². The SMILES string of the molecule is C[C@H]1CN(C(=O)c2ccc(=O)oc2)C[C@H](C)O1. The molecule has 2 rings (SSSR count). The molecule has 1 fully saturated rings. The second-order valence-electron chi connectivity index (χ2n) is 4.31. The fourth-order valence-electron chi connectivity index (χ4n) is 2.01. The zero-order valence-electron chi connectivity index (χ0n) is 9.88. The number of ether oxygens (including phenoxy) is 1. The fourth-order valence-corrected chi connectivity index (χ4v) is 2.01. The third-order valence-electron chi connectivity index (χ3n) is 2.65. The number of morpholine rings is 1. The van der Waals surface area contributed by atoms with Gasteiger partial charge in [-0.2, -0.15) is 0 Å². The lowest BCUT2D eigenvalue weighted by molar-refractivity contribution is -0.0586. The van der Waals surface area contributed by atoms with Crippen LogP contribution >= 0.6 is 0 Å². The molecule has 1 aliphatic rings. The van der Waals surface area contributed by atoms with Crippen molar-refractivity contribution in [1.29, 1.82) is 0 Å². The molecule has 0 spiro atoms. The van der Waals surface area contributed by atoms with Crippen LogP contribution in [0, 0.1) is 0 Å². The van der Waals surface area contributed by atoms with Crippen LogP contribution < -0.4 is 5.63 Å². The van der Waals surface area contributed by atoms with Gasteiger partial charge in [-0.25, -0.2) is 4.79 Å². The zero-order valence-corrected chi connectivity index (χ0v) is 9.88. The molecular weight excluding hydrogens is 222 g/mol. The van der Waals surface area contributed by atoms with Crippen LogP contribution in [-0.4, -0.2) is 36.1 Å². The lowest BCUT2D eigenvalue weighted by Gasteiger charge is -2.35. The number of hydrogen-bond acceptors (Lipinski definition) is 4. The van der Waals surface area contributed by atoms with Gasteiger partial charge in [-0.3, -0.25) is 4.79 Å². The third kappa shape index (κ3) is 2.74. The quantitative estimate of drug-likeness (QED) is 0.727. The van der Waals surface area contributed by atoms with E-state index in [1.165, 1.54) is 18.4 Å². The first-order chi connectivity index (χ1) is 8.06. The van der Waals surface area contributed by atoms with Crippen LogP contribution in [0.3, 0.4) is 0 Å². The van der Waals surface area contributed by atoms with E-state index >= 15 is 0 Å². The van der Waals surface area contributed by atoms with Crippen LogP contribution in [0.25, 0.3) is 0 Å². The summed E-state index contributed by atoms with van der Waals surface area (Å²) in [7, 11) is 0. The minimum atomic E-state index is -0.453. The van der Waals surface area contributed by atoms with Crippen molar-refractivity contribution >= 4 is 5.91 Å². The Hall–Kier alpha value is -1.62. The molecule has 1 saturated heterocycles. The molecule has 0 N–H and O–H groups in total. The molecule has 0 saturated carbocycles. The highest BCUT2D eigenvalue weighted by molar-refractivity contribution is 5.93. The smallest absolute Gasteiger partial charge is 0.335 e. The predicted molar refractivity (Wildman–Crippen MR) is 60.9 cm³/mol. The highest BCUT2D eigenvalue weighted by Gasteiger charge is 2.26. The summed E-state index contributed by atoms with van der Waals surface area (Å²) in [6.07, 6.45) is 1.26. The fraction of sp³-hybridized carbons (Fsp3) is 0.500. The van der Waals surface area contributed by atoms with Gasteiger partial charge < -0.3 is 14.1 Å². The van der Waals surface area contributed by atoms with E-state index in [-0.39, 0.29) is 18.1 Å². The second-order valence-corrected chi connectivity index (χ2v) is 4.31. The van der Waals surface area contributed by atoms with Crippen LogP contribution in [0.5, 0.6) is 0 Å². The van der Waals surface area contributed by atoms with E-state index in [1.807, 2.05) is 13.8 Å². The number of nitrogens with zero attached hydrogens (tertiary/aromatic N) is 1. The van der Waals surface area contributed by atoms with Gasteiger partial charge in [0.1, 0.15) is 6.26 Å². The van der Waals surface area contributed by atoms with Gasteiger partial charge in [0.25, 0.3) is 5.91 Å². The summed E-state index contributed by atoms with van der Waals surface area (Å²) in [5.41, 5.74) is -0.0591. The van der Waals surface area contributed by atoms with Gasteiger partial charge in [-0.15, -0.1) is 0 Å². The van der Waals surface area contributed by atoms with E-state index < -0.39 is 5.63 Å². The van der Waals surface area contributed by atoms with Crippen molar-refractivity contribution in [3.8, 4) is 0 Å². The monoisotopic (exact) mass is 237 g/mol. The van der Waals surface area contributed by atoms with Crippen LogP contribution in [0.2, 0.25) is 0 Å². The summed E-state index contributed by atoms with van der Waals surface area (Å²) in [6.45, 7) is 4.98. The van der Waals surface area contributed by atoms with Gasteiger partial charge in [0, 0.05) is 19.2 Å². The van der Waals surface area contributed by atoms with Gasteiger partial charge in [0.2, 0.25) is 0 Å². The first-order valence-electron chi connectivity index (χ1n) is 5.60.